The Kier molecular flexibility index (Phi) is 3.54. The van der Waals surface area contributed by atoms with Crippen LogP contribution in [0.2, 0.25) is 5.04 Å². The van der Waals surface area contributed by atoms with Gasteiger partial charge in [-0.05, 0) is 21.5 Å². The lowest BCUT2D eigenvalue weighted by atomic mass is 10.2. The molecule has 4 heteroatoms. The van der Waals surface area contributed by atoms with Crippen LogP contribution in [0.5, 0.6) is 0 Å². The van der Waals surface area contributed by atoms with Crippen LogP contribution in [0.3, 0.4) is 0 Å². The van der Waals surface area contributed by atoms with E-state index in [2.05, 4.69) is 50.1 Å². The van der Waals surface area contributed by atoms with Gasteiger partial charge in [-0.3, -0.25) is 0 Å². The van der Waals surface area contributed by atoms with E-state index in [1.807, 2.05) is 36.4 Å². The Morgan fingerprint density at radius 2 is 1.43 bits per heavy atom. The molecule has 0 amide bonds. The number of hydrogen-bond donors (Lipinski definition) is 1. The average Bonchev–Trinajstić information content (AvgIpc) is 2.89. The molecule has 3 rings (SSSR count). The summed E-state index contributed by atoms with van der Waals surface area (Å²) in [6.45, 7) is 6.56. The monoisotopic (exact) mass is 323 g/mol. The third-order valence-corrected chi connectivity index (χ3v) is 10.2. The fourth-order valence-corrected chi connectivity index (χ4v) is 8.90. The van der Waals surface area contributed by atoms with Crippen molar-refractivity contribution in [2.45, 2.75) is 25.8 Å². The van der Waals surface area contributed by atoms with Gasteiger partial charge in [0.25, 0.3) is 0 Å². The molecule has 3 nitrogen and oxygen atoms in total. The molecular formula is C19H22N2OSi. The van der Waals surface area contributed by atoms with Crippen LogP contribution in [0.1, 0.15) is 22.1 Å². The fourth-order valence-electron chi connectivity index (χ4n) is 3.56. The van der Waals surface area contributed by atoms with Gasteiger partial charge in [0.05, 0.1) is 12.9 Å². The minimum absolute atomic E-state index is 0.175. The third kappa shape index (κ3) is 2.39. The zero-order valence-corrected chi connectivity index (χ0v) is 14.7. The van der Waals surface area contributed by atoms with Crippen LogP contribution in [0.4, 0.5) is 0 Å². The van der Waals surface area contributed by atoms with Gasteiger partial charge in [0, 0.05) is 0 Å². The predicted molar refractivity (Wildman–Crippen MR) is 96.7 cm³/mol. The Morgan fingerprint density at radius 1 is 0.957 bits per heavy atom. The Balaban J connectivity index is 2.48. The quantitative estimate of drug-likeness (QED) is 0.594. The van der Waals surface area contributed by atoms with Gasteiger partial charge in [0.1, 0.15) is 0 Å². The first-order valence-corrected chi connectivity index (χ1v) is 9.74. The Labute approximate surface area is 139 Å². The van der Waals surface area contributed by atoms with E-state index in [1.54, 1.807) is 0 Å². The SMILES string of the molecule is [2H]c1cnn(O)c1[Si](c1ccccc1)(c1ccccc1)C(C)(C)C. The van der Waals surface area contributed by atoms with Crippen molar-refractivity contribution in [1.82, 2.24) is 9.94 Å². The topological polar surface area (TPSA) is 38.0 Å². The summed E-state index contributed by atoms with van der Waals surface area (Å²) in [5, 5.41) is 17.2. The van der Waals surface area contributed by atoms with Crippen LogP contribution in [0.15, 0.2) is 72.9 Å². The van der Waals surface area contributed by atoms with Crippen molar-refractivity contribution in [2.75, 3.05) is 0 Å². The van der Waals surface area contributed by atoms with E-state index in [0.717, 1.165) is 15.2 Å². The molecule has 23 heavy (non-hydrogen) atoms. The lowest BCUT2D eigenvalue weighted by Crippen LogP contribution is -2.73. The highest BCUT2D eigenvalue weighted by Crippen LogP contribution is 2.35. The highest BCUT2D eigenvalue weighted by atomic mass is 28.3. The molecule has 0 unspecified atom stereocenters. The van der Waals surface area contributed by atoms with Crippen LogP contribution >= 0.6 is 0 Å². The Hall–Kier alpha value is -2.33. The Morgan fingerprint density at radius 3 is 1.78 bits per heavy atom. The number of nitrogens with zero attached hydrogens (tertiary/aromatic N) is 2. The molecule has 0 fully saturated rings. The van der Waals surface area contributed by atoms with E-state index in [0.29, 0.717) is 5.32 Å². The van der Waals surface area contributed by atoms with E-state index in [9.17, 15) is 5.21 Å². The smallest absolute Gasteiger partial charge is 0.181 e. The molecule has 1 N–H and O–H groups in total. The lowest BCUT2D eigenvalue weighted by Gasteiger charge is -2.43. The van der Waals surface area contributed by atoms with Crippen LogP contribution in [-0.4, -0.2) is 23.2 Å². The molecule has 0 aliphatic rings. The minimum atomic E-state index is -2.70. The summed E-state index contributed by atoms with van der Waals surface area (Å²) in [5.74, 6) is 0. The van der Waals surface area contributed by atoms with E-state index >= 15 is 0 Å². The molecule has 0 aliphatic carbocycles. The summed E-state index contributed by atoms with van der Waals surface area (Å²) in [4.78, 5) is 0.916. The van der Waals surface area contributed by atoms with Crippen LogP contribution in [0, 0.1) is 0 Å². The largest absolute Gasteiger partial charge is 0.412 e. The summed E-state index contributed by atoms with van der Waals surface area (Å²) >= 11 is 0. The second kappa shape index (κ2) is 5.70. The molecule has 0 saturated heterocycles. The molecule has 0 atom stereocenters. The maximum atomic E-state index is 10.5. The maximum Gasteiger partial charge on any atom is 0.181 e. The first-order chi connectivity index (χ1) is 11.4. The molecule has 1 heterocycles. The normalized spacial score (nSPS) is 12.9. The molecule has 0 bridgehead atoms. The zero-order valence-electron chi connectivity index (χ0n) is 14.7. The molecule has 0 spiro atoms. The van der Waals surface area contributed by atoms with Crippen molar-refractivity contribution in [3.63, 3.8) is 0 Å². The van der Waals surface area contributed by atoms with Gasteiger partial charge < -0.3 is 5.21 Å². The lowest BCUT2D eigenvalue weighted by molar-refractivity contribution is 0.157. The second-order valence-corrected chi connectivity index (χ2v) is 11.4. The van der Waals surface area contributed by atoms with Crippen LogP contribution in [0.25, 0.3) is 0 Å². The molecule has 2 aromatic carbocycles. The fraction of sp³-hybridized carbons (Fsp3) is 0.211. The first kappa shape index (κ1) is 14.3. The van der Waals surface area contributed by atoms with Gasteiger partial charge in [0.15, 0.2) is 8.07 Å². The van der Waals surface area contributed by atoms with E-state index < -0.39 is 8.07 Å². The van der Waals surface area contributed by atoms with Gasteiger partial charge in [-0.25, -0.2) is 0 Å². The average molecular weight is 323 g/mol. The van der Waals surface area contributed by atoms with Crippen LogP contribution in [-0.2, 0) is 0 Å². The van der Waals surface area contributed by atoms with E-state index in [-0.39, 0.29) is 11.1 Å². The van der Waals surface area contributed by atoms with Gasteiger partial charge in [-0.15, -0.1) is 9.94 Å². The third-order valence-electron chi connectivity index (χ3n) is 4.46. The molecule has 0 aliphatic heterocycles. The molecule has 0 radical (unpaired) electrons. The van der Waals surface area contributed by atoms with Crippen molar-refractivity contribution >= 4 is 23.8 Å². The second-order valence-electron chi connectivity index (χ2n) is 6.76. The van der Waals surface area contributed by atoms with Crippen molar-refractivity contribution in [2.24, 2.45) is 0 Å². The Bertz CT molecular complexity index is 767. The molecular weight excluding hydrogens is 300 g/mol. The number of benzene rings is 2. The molecule has 1 aromatic heterocycles. The van der Waals surface area contributed by atoms with Crippen molar-refractivity contribution < 1.29 is 6.58 Å². The summed E-state index contributed by atoms with van der Waals surface area (Å²) in [6, 6.07) is 20.8. The van der Waals surface area contributed by atoms with Gasteiger partial charge in [-0.1, -0.05) is 81.4 Å². The van der Waals surface area contributed by atoms with Gasteiger partial charge in [-0.2, -0.15) is 0 Å². The maximum absolute atomic E-state index is 10.5. The molecule has 0 saturated carbocycles. The van der Waals surface area contributed by atoms with E-state index in [1.165, 1.54) is 6.20 Å². The summed E-state index contributed by atoms with van der Waals surface area (Å²) in [7, 11) is -2.70. The minimum Gasteiger partial charge on any atom is -0.412 e. The predicted octanol–water partition coefficient (Wildman–Crippen LogP) is 2.39. The number of rotatable bonds is 3. The van der Waals surface area contributed by atoms with Gasteiger partial charge in [0.2, 0.25) is 0 Å². The molecule has 118 valence electrons. The molecule has 3 aromatic rings. The number of hydrogen-bond acceptors (Lipinski definition) is 2. The zero-order chi connectivity index (χ0) is 17.4. The highest BCUT2D eigenvalue weighted by molar-refractivity contribution is 7.12. The summed E-state index contributed by atoms with van der Waals surface area (Å²) in [5.41, 5.74) is 0. The number of aromatic nitrogens is 2. The summed E-state index contributed by atoms with van der Waals surface area (Å²) < 4.78 is 8.42. The highest BCUT2D eigenvalue weighted by Gasteiger charge is 2.51. The van der Waals surface area contributed by atoms with Crippen molar-refractivity contribution in [3.8, 4) is 0 Å². The van der Waals surface area contributed by atoms with Gasteiger partial charge >= 0.3 is 0 Å². The first-order valence-electron chi connectivity index (χ1n) is 8.24. The van der Waals surface area contributed by atoms with Crippen molar-refractivity contribution in [3.05, 3.63) is 72.9 Å². The summed E-state index contributed by atoms with van der Waals surface area (Å²) in [6.07, 6.45) is 1.43. The van der Waals surface area contributed by atoms with Crippen molar-refractivity contribution in [1.29, 1.82) is 0 Å². The van der Waals surface area contributed by atoms with Crippen LogP contribution < -0.4 is 15.7 Å². The standard InChI is InChI=1S/C19H22N2OSi/c1-19(2,3)23(16-10-6-4-7-11-16,17-12-8-5-9-13-17)18-14-15-20-21(18)22/h4-15,22H,1-3H3/i14D. The van der Waals surface area contributed by atoms with E-state index in [4.69, 9.17) is 1.37 Å².